The Labute approximate surface area is 121 Å². The Morgan fingerprint density at radius 1 is 1.38 bits per heavy atom. The summed E-state index contributed by atoms with van der Waals surface area (Å²) in [5, 5.41) is 8.17. The number of anilines is 1. The molecule has 2 aromatic heterocycles. The molecule has 1 fully saturated rings. The van der Waals surface area contributed by atoms with Gasteiger partial charge in [-0.1, -0.05) is 0 Å². The first-order valence-electron chi connectivity index (χ1n) is 6.59. The highest BCUT2D eigenvalue weighted by Gasteiger charge is 2.26. The maximum atomic E-state index is 10.8. The second-order valence-corrected chi connectivity index (χ2v) is 6.34. The highest BCUT2D eigenvalue weighted by molar-refractivity contribution is 7.84. The topological polar surface area (TPSA) is 136 Å². The van der Waals surface area contributed by atoms with Crippen LogP contribution in [0.15, 0.2) is 12.7 Å². The summed E-state index contributed by atoms with van der Waals surface area (Å²) in [6, 6.07) is 0.209. The summed E-state index contributed by atoms with van der Waals surface area (Å²) in [7, 11) is -3.86. The summed E-state index contributed by atoms with van der Waals surface area (Å²) in [6.45, 7) is 0.125. The van der Waals surface area contributed by atoms with Crippen LogP contribution < -0.4 is 10.5 Å². The van der Waals surface area contributed by atoms with E-state index in [1.807, 2.05) is 0 Å². The molecule has 0 unspecified atom stereocenters. The standard InChI is InChI=1S/C11H16N6O3S/c12-21(18,19)20-4-7-1-2-8(3-7)17-11-9-10(14-5-13-9)15-6-16-11/h5-8H,1-4H2,(H2,12,18,19)(H2,13,14,15,16,17)/t7-,8+/m1/s1. The molecular weight excluding hydrogens is 296 g/mol. The third kappa shape index (κ3) is 3.46. The molecule has 0 spiro atoms. The van der Waals surface area contributed by atoms with E-state index >= 15 is 0 Å². The van der Waals surface area contributed by atoms with E-state index < -0.39 is 10.3 Å². The average molecular weight is 312 g/mol. The van der Waals surface area contributed by atoms with Gasteiger partial charge in [-0.2, -0.15) is 8.42 Å². The fraction of sp³-hybridized carbons (Fsp3) is 0.545. The quantitative estimate of drug-likeness (QED) is 0.715. The highest BCUT2D eigenvalue weighted by Crippen LogP contribution is 2.29. The van der Waals surface area contributed by atoms with Crippen molar-refractivity contribution in [1.82, 2.24) is 19.9 Å². The Hall–Kier alpha value is -1.78. The number of nitrogens with two attached hydrogens (primary N) is 1. The van der Waals surface area contributed by atoms with Gasteiger partial charge < -0.3 is 10.3 Å². The molecule has 10 heteroatoms. The van der Waals surface area contributed by atoms with Crippen LogP contribution in [-0.4, -0.2) is 41.0 Å². The predicted octanol–water partition coefficient (Wildman–Crippen LogP) is 0.154. The Bertz CT molecular complexity index is 730. The normalized spacial score (nSPS) is 22.7. The Balaban J connectivity index is 1.61. The van der Waals surface area contributed by atoms with E-state index in [9.17, 15) is 8.42 Å². The first-order valence-corrected chi connectivity index (χ1v) is 8.06. The molecule has 0 saturated heterocycles. The van der Waals surface area contributed by atoms with Crippen LogP contribution >= 0.6 is 0 Å². The number of nitrogens with zero attached hydrogens (tertiary/aromatic N) is 3. The molecule has 3 rings (SSSR count). The van der Waals surface area contributed by atoms with E-state index in [4.69, 9.17) is 5.14 Å². The molecule has 114 valence electrons. The van der Waals surface area contributed by atoms with Crippen LogP contribution in [0.2, 0.25) is 0 Å². The monoisotopic (exact) mass is 312 g/mol. The largest absolute Gasteiger partial charge is 0.365 e. The first-order chi connectivity index (χ1) is 10.0. The molecule has 2 aromatic rings. The number of hydrogen-bond donors (Lipinski definition) is 3. The number of hydrogen-bond acceptors (Lipinski definition) is 7. The van der Waals surface area contributed by atoms with Crippen LogP contribution in [0.1, 0.15) is 19.3 Å². The zero-order chi connectivity index (χ0) is 14.9. The van der Waals surface area contributed by atoms with Gasteiger partial charge in [-0.05, 0) is 25.2 Å². The molecule has 1 aliphatic carbocycles. The third-order valence-corrected chi connectivity index (χ3v) is 4.04. The summed E-state index contributed by atoms with van der Waals surface area (Å²) in [5.74, 6) is 0.871. The van der Waals surface area contributed by atoms with Crippen molar-refractivity contribution in [3.8, 4) is 0 Å². The van der Waals surface area contributed by atoms with E-state index in [0.717, 1.165) is 24.8 Å². The molecular formula is C11H16N6O3S. The SMILES string of the molecule is NS(=O)(=O)OC[C@@H]1CC[C@H](Nc2ncnc3nc[nH]c23)C1. The minimum absolute atomic E-state index is 0.125. The van der Waals surface area contributed by atoms with Gasteiger partial charge in [0.15, 0.2) is 11.5 Å². The second kappa shape index (κ2) is 5.54. The molecule has 9 nitrogen and oxygen atoms in total. The van der Waals surface area contributed by atoms with Gasteiger partial charge in [-0.3, -0.25) is 4.18 Å². The fourth-order valence-electron chi connectivity index (χ4n) is 2.62. The molecule has 0 aliphatic heterocycles. The molecule has 4 N–H and O–H groups in total. The van der Waals surface area contributed by atoms with E-state index in [2.05, 4.69) is 29.4 Å². The minimum atomic E-state index is -3.86. The van der Waals surface area contributed by atoms with Gasteiger partial charge in [0.05, 0.1) is 12.9 Å². The average Bonchev–Trinajstić information content (AvgIpc) is 3.04. The number of aromatic amines is 1. The van der Waals surface area contributed by atoms with Crippen LogP contribution in [0.5, 0.6) is 0 Å². The van der Waals surface area contributed by atoms with E-state index in [1.165, 1.54) is 6.33 Å². The number of rotatable bonds is 5. The highest BCUT2D eigenvalue weighted by atomic mass is 32.2. The Morgan fingerprint density at radius 3 is 3.05 bits per heavy atom. The molecule has 2 atom stereocenters. The van der Waals surface area contributed by atoms with Crippen LogP contribution in [0.3, 0.4) is 0 Å². The van der Waals surface area contributed by atoms with Crippen LogP contribution in [0.25, 0.3) is 11.2 Å². The summed E-state index contributed by atoms with van der Waals surface area (Å²) in [4.78, 5) is 15.3. The Kier molecular flexibility index (Phi) is 3.74. The zero-order valence-corrected chi connectivity index (χ0v) is 12.0. The maximum absolute atomic E-state index is 10.8. The third-order valence-electron chi connectivity index (χ3n) is 3.57. The lowest BCUT2D eigenvalue weighted by atomic mass is 10.1. The minimum Gasteiger partial charge on any atom is -0.365 e. The summed E-state index contributed by atoms with van der Waals surface area (Å²) < 4.78 is 26.2. The lowest BCUT2D eigenvalue weighted by molar-refractivity contribution is 0.256. The van der Waals surface area contributed by atoms with Crippen molar-refractivity contribution in [2.75, 3.05) is 11.9 Å². The first kappa shape index (κ1) is 14.2. The number of aromatic nitrogens is 4. The molecule has 21 heavy (non-hydrogen) atoms. The molecule has 2 heterocycles. The van der Waals surface area contributed by atoms with Gasteiger partial charge in [0.25, 0.3) is 0 Å². The molecule has 0 amide bonds. The molecule has 1 aliphatic rings. The number of H-pyrrole nitrogens is 1. The fourth-order valence-corrected chi connectivity index (χ4v) is 3.00. The van der Waals surface area contributed by atoms with Crippen molar-refractivity contribution in [3.05, 3.63) is 12.7 Å². The van der Waals surface area contributed by atoms with E-state index in [-0.39, 0.29) is 18.6 Å². The summed E-state index contributed by atoms with van der Waals surface area (Å²) in [5.41, 5.74) is 1.38. The van der Waals surface area contributed by atoms with Crippen LogP contribution in [-0.2, 0) is 14.5 Å². The Morgan fingerprint density at radius 2 is 2.24 bits per heavy atom. The lowest BCUT2D eigenvalue weighted by Crippen LogP contribution is -2.21. The van der Waals surface area contributed by atoms with Crippen molar-refractivity contribution in [3.63, 3.8) is 0 Å². The van der Waals surface area contributed by atoms with Crippen molar-refractivity contribution >= 4 is 27.3 Å². The lowest BCUT2D eigenvalue weighted by Gasteiger charge is -2.14. The second-order valence-electron chi connectivity index (χ2n) is 5.12. The molecule has 1 saturated carbocycles. The maximum Gasteiger partial charge on any atom is 0.333 e. The van der Waals surface area contributed by atoms with E-state index in [1.54, 1.807) is 6.33 Å². The van der Waals surface area contributed by atoms with Gasteiger partial charge in [0.1, 0.15) is 11.8 Å². The number of imidazole rings is 1. The van der Waals surface area contributed by atoms with Gasteiger partial charge in [0.2, 0.25) is 0 Å². The van der Waals surface area contributed by atoms with Gasteiger partial charge in [-0.15, -0.1) is 0 Å². The van der Waals surface area contributed by atoms with Gasteiger partial charge >= 0.3 is 10.3 Å². The van der Waals surface area contributed by atoms with Gasteiger partial charge in [-0.25, -0.2) is 20.1 Å². The van der Waals surface area contributed by atoms with E-state index in [0.29, 0.717) is 11.5 Å². The van der Waals surface area contributed by atoms with Crippen LogP contribution in [0, 0.1) is 5.92 Å². The van der Waals surface area contributed by atoms with Crippen molar-refractivity contribution in [2.24, 2.45) is 11.1 Å². The number of fused-ring (bicyclic) bond motifs is 1. The zero-order valence-electron chi connectivity index (χ0n) is 11.2. The molecule has 0 bridgehead atoms. The van der Waals surface area contributed by atoms with Crippen molar-refractivity contribution in [1.29, 1.82) is 0 Å². The molecule has 0 radical (unpaired) electrons. The number of nitrogens with one attached hydrogen (secondary N) is 2. The molecule has 0 aromatic carbocycles. The van der Waals surface area contributed by atoms with Gasteiger partial charge in [0, 0.05) is 6.04 Å². The predicted molar refractivity (Wildman–Crippen MR) is 75.5 cm³/mol. The van der Waals surface area contributed by atoms with Crippen molar-refractivity contribution in [2.45, 2.75) is 25.3 Å². The summed E-state index contributed by atoms with van der Waals surface area (Å²) >= 11 is 0. The van der Waals surface area contributed by atoms with Crippen molar-refractivity contribution < 1.29 is 12.6 Å². The van der Waals surface area contributed by atoms with Crippen LogP contribution in [0.4, 0.5) is 5.82 Å². The smallest absolute Gasteiger partial charge is 0.333 e. The summed E-state index contributed by atoms with van der Waals surface area (Å²) in [6.07, 6.45) is 5.63.